The molecule has 0 atom stereocenters. The third kappa shape index (κ3) is 4.20. The molecule has 1 aromatic carbocycles. The molecule has 0 aliphatic heterocycles. The van der Waals surface area contributed by atoms with Gasteiger partial charge in [-0.05, 0) is 18.2 Å². The Morgan fingerprint density at radius 1 is 1.29 bits per heavy atom. The summed E-state index contributed by atoms with van der Waals surface area (Å²) in [5.41, 5.74) is 1.16. The molecule has 1 heterocycles. The molecule has 1 aromatic heterocycles. The standard InChI is InChI=1S/C16H14FNO3/c1-20-16-6-2-5-14(18-16)11-21-15-10-13(17)8-7-12(15)4-3-9-19/h2,5-8,10,19H,9,11H2,1H3. The van der Waals surface area contributed by atoms with Crippen LogP contribution in [0.1, 0.15) is 11.3 Å². The van der Waals surface area contributed by atoms with Gasteiger partial charge >= 0.3 is 0 Å². The Morgan fingerprint density at radius 3 is 2.90 bits per heavy atom. The van der Waals surface area contributed by atoms with Crippen molar-refractivity contribution in [3.63, 3.8) is 0 Å². The molecule has 1 N–H and O–H groups in total. The Bertz CT molecular complexity index is 677. The van der Waals surface area contributed by atoms with Gasteiger partial charge in [0.25, 0.3) is 0 Å². The normalized spacial score (nSPS) is 9.67. The molecule has 0 aliphatic rings. The van der Waals surface area contributed by atoms with E-state index < -0.39 is 5.82 Å². The molecule has 0 spiro atoms. The molecule has 0 aliphatic carbocycles. The maximum absolute atomic E-state index is 13.3. The number of methoxy groups -OCH3 is 1. The second kappa shape index (κ2) is 7.27. The number of halogens is 1. The highest BCUT2D eigenvalue weighted by Crippen LogP contribution is 2.20. The fourth-order valence-corrected chi connectivity index (χ4v) is 1.66. The lowest BCUT2D eigenvalue weighted by molar-refractivity contribution is 0.296. The topological polar surface area (TPSA) is 51.6 Å². The number of aliphatic hydroxyl groups is 1. The van der Waals surface area contributed by atoms with Gasteiger partial charge in [-0.1, -0.05) is 17.9 Å². The highest BCUT2D eigenvalue weighted by molar-refractivity contribution is 5.46. The lowest BCUT2D eigenvalue weighted by Crippen LogP contribution is -2.01. The second-order valence-electron chi connectivity index (χ2n) is 4.06. The SMILES string of the molecule is COc1cccc(COc2cc(F)ccc2C#CCO)n1. The van der Waals surface area contributed by atoms with Crippen LogP contribution in [0.25, 0.3) is 0 Å². The zero-order valence-corrected chi connectivity index (χ0v) is 11.5. The fourth-order valence-electron chi connectivity index (χ4n) is 1.66. The van der Waals surface area contributed by atoms with Gasteiger partial charge in [0, 0.05) is 12.1 Å². The van der Waals surface area contributed by atoms with Crippen molar-refractivity contribution in [2.45, 2.75) is 6.61 Å². The minimum Gasteiger partial charge on any atom is -0.486 e. The minimum absolute atomic E-state index is 0.161. The van der Waals surface area contributed by atoms with Crippen LogP contribution >= 0.6 is 0 Å². The number of ether oxygens (including phenoxy) is 2. The average Bonchev–Trinajstić information content (AvgIpc) is 2.52. The Morgan fingerprint density at radius 2 is 2.14 bits per heavy atom. The summed E-state index contributed by atoms with van der Waals surface area (Å²) < 4.78 is 23.9. The molecule has 0 fully saturated rings. The largest absolute Gasteiger partial charge is 0.486 e. The molecule has 0 saturated heterocycles. The number of aromatic nitrogens is 1. The first-order valence-electron chi connectivity index (χ1n) is 6.25. The van der Waals surface area contributed by atoms with Gasteiger partial charge < -0.3 is 14.6 Å². The van der Waals surface area contributed by atoms with Crippen molar-refractivity contribution in [3.8, 4) is 23.5 Å². The quantitative estimate of drug-likeness (QED) is 0.875. The Kier molecular flexibility index (Phi) is 5.13. The van der Waals surface area contributed by atoms with Crippen LogP contribution in [0.5, 0.6) is 11.6 Å². The van der Waals surface area contributed by atoms with Crippen molar-refractivity contribution in [3.05, 3.63) is 53.5 Å². The Labute approximate surface area is 122 Å². The van der Waals surface area contributed by atoms with Gasteiger partial charge in [-0.3, -0.25) is 0 Å². The first kappa shape index (κ1) is 14.8. The lowest BCUT2D eigenvalue weighted by atomic mass is 10.2. The van der Waals surface area contributed by atoms with E-state index in [4.69, 9.17) is 14.6 Å². The van der Waals surface area contributed by atoms with Gasteiger partial charge in [0.15, 0.2) is 0 Å². The highest BCUT2D eigenvalue weighted by Gasteiger charge is 2.05. The molecular weight excluding hydrogens is 273 g/mol. The van der Waals surface area contributed by atoms with E-state index in [1.165, 1.54) is 25.3 Å². The first-order valence-corrected chi connectivity index (χ1v) is 6.25. The summed E-state index contributed by atoms with van der Waals surface area (Å²) in [5, 5.41) is 8.73. The lowest BCUT2D eigenvalue weighted by Gasteiger charge is -2.09. The van der Waals surface area contributed by atoms with Crippen LogP contribution in [-0.2, 0) is 6.61 Å². The van der Waals surface area contributed by atoms with Crippen LogP contribution in [0, 0.1) is 17.7 Å². The molecule has 0 saturated carbocycles. The second-order valence-corrected chi connectivity index (χ2v) is 4.06. The number of pyridine rings is 1. The van der Waals surface area contributed by atoms with E-state index in [1.54, 1.807) is 18.2 Å². The van der Waals surface area contributed by atoms with Gasteiger partial charge in [0.05, 0.1) is 18.4 Å². The first-order chi connectivity index (χ1) is 10.2. The zero-order valence-electron chi connectivity index (χ0n) is 11.5. The van der Waals surface area contributed by atoms with E-state index in [9.17, 15) is 4.39 Å². The summed E-state index contributed by atoms with van der Waals surface area (Å²) in [4.78, 5) is 4.20. The Hall–Kier alpha value is -2.58. The van der Waals surface area contributed by atoms with E-state index in [0.29, 0.717) is 22.9 Å². The van der Waals surface area contributed by atoms with Crippen LogP contribution in [0.15, 0.2) is 36.4 Å². The fraction of sp³-hybridized carbons (Fsp3) is 0.188. The van der Waals surface area contributed by atoms with Crippen molar-refractivity contribution >= 4 is 0 Å². The third-order valence-electron chi connectivity index (χ3n) is 2.61. The maximum Gasteiger partial charge on any atom is 0.213 e. The van der Waals surface area contributed by atoms with Crippen LogP contribution in [0.3, 0.4) is 0 Å². The molecule has 0 radical (unpaired) electrons. The van der Waals surface area contributed by atoms with Crippen molar-refractivity contribution in [1.82, 2.24) is 4.98 Å². The van der Waals surface area contributed by atoms with Gasteiger partial charge in [0.1, 0.15) is 24.8 Å². The number of rotatable bonds is 4. The molecule has 5 heteroatoms. The molecule has 108 valence electrons. The highest BCUT2D eigenvalue weighted by atomic mass is 19.1. The monoisotopic (exact) mass is 287 g/mol. The van der Waals surface area contributed by atoms with Crippen molar-refractivity contribution < 1.29 is 19.0 Å². The van der Waals surface area contributed by atoms with E-state index >= 15 is 0 Å². The van der Waals surface area contributed by atoms with Crippen molar-refractivity contribution in [1.29, 1.82) is 0 Å². The number of nitrogens with zero attached hydrogens (tertiary/aromatic N) is 1. The van der Waals surface area contributed by atoms with Crippen molar-refractivity contribution in [2.24, 2.45) is 0 Å². The van der Waals surface area contributed by atoms with Gasteiger partial charge in [-0.2, -0.15) is 0 Å². The molecule has 2 aromatic rings. The zero-order chi connectivity index (χ0) is 15.1. The van der Waals surface area contributed by atoms with Gasteiger partial charge in [-0.15, -0.1) is 0 Å². The number of hydrogen-bond donors (Lipinski definition) is 1. The van der Waals surface area contributed by atoms with Crippen LogP contribution in [0.4, 0.5) is 4.39 Å². The summed E-state index contributed by atoms with van der Waals surface area (Å²) in [7, 11) is 1.53. The molecule has 0 unspecified atom stereocenters. The summed E-state index contributed by atoms with van der Waals surface area (Å²) in [6, 6.07) is 9.35. The van der Waals surface area contributed by atoms with Crippen LogP contribution < -0.4 is 9.47 Å². The van der Waals surface area contributed by atoms with Gasteiger partial charge in [-0.25, -0.2) is 9.37 Å². The average molecular weight is 287 g/mol. The van der Waals surface area contributed by atoms with Gasteiger partial charge in [0.2, 0.25) is 5.88 Å². The number of hydrogen-bond acceptors (Lipinski definition) is 4. The predicted octanol–water partition coefficient (Wildman–Crippen LogP) is 2.15. The molecule has 21 heavy (non-hydrogen) atoms. The molecule has 4 nitrogen and oxygen atoms in total. The maximum atomic E-state index is 13.3. The smallest absolute Gasteiger partial charge is 0.213 e. The van der Waals surface area contributed by atoms with Crippen LogP contribution in [0.2, 0.25) is 0 Å². The predicted molar refractivity (Wildman–Crippen MR) is 75.5 cm³/mol. The summed E-state index contributed by atoms with van der Waals surface area (Å²) in [5.74, 6) is 5.59. The summed E-state index contributed by atoms with van der Waals surface area (Å²) in [6.07, 6.45) is 0. The van der Waals surface area contributed by atoms with E-state index in [1.807, 2.05) is 0 Å². The Balaban J connectivity index is 2.16. The number of benzene rings is 1. The number of aliphatic hydroxyl groups excluding tert-OH is 1. The van der Waals surface area contributed by atoms with E-state index in [-0.39, 0.29) is 13.2 Å². The third-order valence-corrected chi connectivity index (χ3v) is 2.61. The van der Waals surface area contributed by atoms with E-state index in [2.05, 4.69) is 16.8 Å². The molecule has 0 bridgehead atoms. The van der Waals surface area contributed by atoms with Crippen molar-refractivity contribution in [2.75, 3.05) is 13.7 Å². The molecule has 0 amide bonds. The molecular formula is C16H14FNO3. The van der Waals surface area contributed by atoms with E-state index in [0.717, 1.165) is 0 Å². The minimum atomic E-state index is -0.418. The molecule has 2 rings (SSSR count). The summed E-state index contributed by atoms with van der Waals surface area (Å²) in [6.45, 7) is -0.108. The summed E-state index contributed by atoms with van der Waals surface area (Å²) >= 11 is 0. The van der Waals surface area contributed by atoms with Crippen LogP contribution in [-0.4, -0.2) is 23.8 Å².